The van der Waals surface area contributed by atoms with E-state index in [2.05, 4.69) is 48.5 Å². The minimum absolute atomic E-state index is 0.186. The molecule has 0 N–H and O–H groups in total. The van der Waals surface area contributed by atoms with E-state index in [-0.39, 0.29) is 5.78 Å². The summed E-state index contributed by atoms with van der Waals surface area (Å²) in [5.41, 5.74) is 0.777. The molecule has 100 valence electrons. The smallest absolute Gasteiger partial charge is 0.176 e. The normalized spacial score (nSPS) is 11.6. The number of carbonyl (C=O) groups is 1. The van der Waals surface area contributed by atoms with Crippen LogP contribution in [0.1, 0.15) is 38.1 Å². The minimum atomic E-state index is 0.186. The summed E-state index contributed by atoms with van der Waals surface area (Å²) in [6.07, 6.45) is 0. The Kier molecular flexibility index (Phi) is 6.03. The molecule has 0 atom stereocenters. The predicted octanol–water partition coefficient (Wildman–Crippen LogP) is 4.00. The SMILES string of the molecule is CC(C)CN(CC(=O)c1cccc(Br)c1)C(C)C. The largest absolute Gasteiger partial charge is 0.293 e. The Morgan fingerprint density at radius 2 is 1.94 bits per heavy atom. The van der Waals surface area contributed by atoms with Gasteiger partial charge < -0.3 is 0 Å². The fraction of sp³-hybridized carbons (Fsp3) is 0.533. The second kappa shape index (κ2) is 7.05. The first-order valence-electron chi connectivity index (χ1n) is 6.43. The first-order valence-corrected chi connectivity index (χ1v) is 7.22. The highest BCUT2D eigenvalue weighted by Gasteiger charge is 2.16. The molecule has 1 aromatic carbocycles. The number of carbonyl (C=O) groups excluding carboxylic acids is 1. The maximum atomic E-state index is 12.2. The topological polar surface area (TPSA) is 20.3 Å². The zero-order valence-corrected chi connectivity index (χ0v) is 13.2. The van der Waals surface area contributed by atoms with Crippen molar-refractivity contribution in [3.63, 3.8) is 0 Å². The highest BCUT2D eigenvalue weighted by Crippen LogP contribution is 2.13. The maximum absolute atomic E-state index is 12.2. The number of nitrogens with zero attached hydrogens (tertiary/aromatic N) is 1. The van der Waals surface area contributed by atoms with Crippen molar-refractivity contribution in [1.82, 2.24) is 4.90 Å². The molecular formula is C15H22BrNO. The second-order valence-corrected chi connectivity index (χ2v) is 6.27. The lowest BCUT2D eigenvalue weighted by molar-refractivity contribution is 0.0892. The molecule has 2 nitrogen and oxygen atoms in total. The molecule has 0 unspecified atom stereocenters. The number of hydrogen-bond acceptors (Lipinski definition) is 2. The minimum Gasteiger partial charge on any atom is -0.293 e. The van der Waals surface area contributed by atoms with Gasteiger partial charge in [0.2, 0.25) is 0 Å². The van der Waals surface area contributed by atoms with Crippen LogP contribution in [0.3, 0.4) is 0 Å². The molecule has 0 aliphatic heterocycles. The molecule has 0 saturated heterocycles. The molecule has 1 aromatic rings. The highest BCUT2D eigenvalue weighted by molar-refractivity contribution is 9.10. The lowest BCUT2D eigenvalue weighted by atomic mass is 10.1. The van der Waals surface area contributed by atoms with E-state index in [0.29, 0.717) is 18.5 Å². The molecule has 1 rings (SSSR count). The third-order valence-corrected chi connectivity index (χ3v) is 3.32. The highest BCUT2D eigenvalue weighted by atomic mass is 79.9. The molecular weight excluding hydrogens is 290 g/mol. The summed E-state index contributed by atoms with van der Waals surface area (Å²) < 4.78 is 0.952. The van der Waals surface area contributed by atoms with Gasteiger partial charge in [0.1, 0.15) is 0 Å². The van der Waals surface area contributed by atoms with Gasteiger partial charge in [-0.05, 0) is 31.9 Å². The predicted molar refractivity (Wildman–Crippen MR) is 80.0 cm³/mol. The fourth-order valence-electron chi connectivity index (χ4n) is 1.86. The van der Waals surface area contributed by atoms with Crippen molar-refractivity contribution in [3.8, 4) is 0 Å². The molecule has 0 heterocycles. The number of halogens is 1. The van der Waals surface area contributed by atoms with E-state index in [1.54, 1.807) is 0 Å². The Morgan fingerprint density at radius 3 is 2.44 bits per heavy atom. The van der Waals surface area contributed by atoms with Crippen LogP contribution in [-0.4, -0.2) is 29.8 Å². The van der Waals surface area contributed by atoms with E-state index in [1.807, 2.05) is 24.3 Å². The van der Waals surface area contributed by atoms with Gasteiger partial charge in [0, 0.05) is 22.6 Å². The molecule has 0 bridgehead atoms. The third kappa shape index (κ3) is 4.91. The van der Waals surface area contributed by atoms with Gasteiger partial charge >= 0.3 is 0 Å². The quantitative estimate of drug-likeness (QED) is 0.740. The van der Waals surface area contributed by atoms with Gasteiger partial charge in [-0.25, -0.2) is 0 Å². The maximum Gasteiger partial charge on any atom is 0.176 e. The van der Waals surface area contributed by atoms with E-state index in [0.717, 1.165) is 16.6 Å². The lowest BCUT2D eigenvalue weighted by Gasteiger charge is -2.27. The van der Waals surface area contributed by atoms with Crippen LogP contribution in [0.5, 0.6) is 0 Å². The number of rotatable bonds is 6. The molecule has 0 saturated carbocycles. The van der Waals surface area contributed by atoms with Crippen LogP contribution in [-0.2, 0) is 0 Å². The first-order chi connectivity index (χ1) is 8.40. The van der Waals surface area contributed by atoms with Crippen molar-refractivity contribution in [3.05, 3.63) is 34.3 Å². The van der Waals surface area contributed by atoms with Crippen LogP contribution in [0.25, 0.3) is 0 Å². The number of Topliss-reactive ketones (excluding diaryl/α,β-unsaturated/α-hetero) is 1. The summed E-state index contributed by atoms with van der Waals surface area (Å²) in [5, 5.41) is 0. The van der Waals surface area contributed by atoms with Crippen molar-refractivity contribution in [2.24, 2.45) is 5.92 Å². The molecule has 0 radical (unpaired) electrons. The van der Waals surface area contributed by atoms with Gasteiger partial charge in [-0.3, -0.25) is 9.69 Å². The summed E-state index contributed by atoms with van der Waals surface area (Å²) in [6.45, 7) is 10.1. The van der Waals surface area contributed by atoms with Crippen LogP contribution in [0.2, 0.25) is 0 Å². The van der Waals surface area contributed by atoms with E-state index < -0.39 is 0 Å². The van der Waals surface area contributed by atoms with Gasteiger partial charge in [0.05, 0.1) is 6.54 Å². The molecule has 18 heavy (non-hydrogen) atoms. The zero-order valence-electron chi connectivity index (χ0n) is 11.6. The Labute approximate surface area is 119 Å². The summed E-state index contributed by atoms with van der Waals surface area (Å²) in [5.74, 6) is 0.758. The second-order valence-electron chi connectivity index (χ2n) is 5.35. The van der Waals surface area contributed by atoms with E-state index in [9.17, 15) is 4.79 Å². The van der Waals surface area contributed by atoms with Crippen LogP contribution in [0, 0.1) is 5.92 Å². The Hall–Kier alpha value is -0.670. The van der Waals surface area contributed by atoms with E-state index in [4.69, 9.17) is 0 Å². The van der Waals surface area contributed by atoms with E-state index in [1.165, 1.54) is 0 Å². The summed E-state index contributed by atoms with van der Waals surface area (Å²) >= 11 is 3.40. The first kappa shape index (κ1) is 15.4. The van der Waals surface area contributed by atoms with Crippen molar-refractivity contribution in [2.45, 2.75) is 33.7 Å². The molecule has 0 amide bonds. The Morgan fingerprint density at radius 1 is 1.28 bits per heavy atom. The number of ketones is 1. The lowest BCUT2D eigenvalue weighted by Crippen LogP contribution is -2.38. The molecule has 0 spiro atoms. The molecule has 0 aromatic heterocycles. The average Bonchev–Trinajstić information content (AvgIpc) is 2.27. The van der Waals surface area contributed by atoms with Crippen molar-refractivity contribution in [2.75, 3.05) is 13.1 Å². The van der Waals surface area contributed by atoms with Crippen LogP contribution >= 0.6 is 15.9 Å². The fourth-order valence-corrected chi connectivity index (χ4v) is 2.26. The van der Waals surface area contributed by atoms with Gasteiger partial charge in [-0.15, -0.1) is 0 Å². The van der Waals surface area contributed by atoms with Gasteiger partial charge in [0.25, 0.3) is 0 Å². The van der Waals surface area contributed by atoms with Gasteiger partial charge in [0.15, 0.2) is 5.78 Å². The van der Waals surface area contributed by atoms with Crippen molar-refractivity contribution < 1.29 is 4.79 Å². The van der Waals surface area contributed by atoms with Gasteiger partial charge in [-0.1, -0.05) is 41.9 Å². The molecule has 0 aliphatic rings. The van der Waals surface area contributed by atoms with E-state index >= 15 is 0 Å². The monoisotopic (exact) mass is 311 g/mol. The van der Waals surface area contributed by atoms with Crippen molar-refractivity contribution in [1.29, 1.82) is 0 Å². The summed E-state index contributed by atoms with van der Waals surface area (Å²) in [6, 6.07) is 7.99. The molecule has 0 fully saturated rings. The van der Waals surface area contributed by atoms with Crippen molar-refractivity contribution >= 4 is 21.7 Å². The third-order valence-electron chi connectivity index (χ3n) is 2.82. The standard InChI is InChI=1S/C15H22BrNO/c1-11(2)9-17(12(3)4)10-15(18)13-6-5-7-14(16)8-13/h5-8,11-12H,9-10H2,1-4H3. The average molecular weight is 312 g/mol. The zero-order chi connectivity index (χ0) is 13.7. The van der Waals surface area contributed by atoms with Crippen LogP contribution in [0.4, 0.5) is 0 Å². The Balaban J connectivity index is 2.72. The summed E-state index contributed by atoms with van der Waals surface area (Å²) in [7, 11) is 0. The number of benzene rings is 1. The van der Waals surface area contributed by atoms with Crippen LogP contribution in [0.15, 0.2) is 28.7 Å². The number of hydrogen-bond donors (Lipinski definition) is 0. The van der Waals surface area contributed by atoms with Crippen LogP contribution < -0.4 is 0 Å². The summed E-state index contributed by atoms with van der Waals surface area (Å²) in [4.78, 5) is 14.5. The Bertz CT molecular complexity index is 401. The molecule has 0 aliphatic carbocycles. The van der Waals surface area contributed by atoms with Gasteiger partial charge in [-0.2, -0.15) is 0 Å². The molecule has 3 heteroatoms.